The summed E-state index contributed by atoms with van der Waals surface area (Å²) in [6.07, 6.45) is 2.59. The highest BCUT2D eigenvalue weighted by Gasteiger charge is 2.08. The molecule has 0 aliphatic heterocycles. The first-order valence-electron chi connectivity index (χ1n) is 6.38. The number of nitrogens with two attached hydrogens (primary N) is 1. The molecular formula is C15H17N3O2. The van der Waals surface area contributed by atoms with Crippen molar-refractivity contribution in [2.75, 3.05) is 0 Å². The summed E-state index contributed by atoms with van der Waals surface area (Å²) in [5.41, 5.74) is 8.04. The Bertz CT molecular complexity index is 594. The molecule has 2 aromatic rings. The normalized spacial score (nSPS) is 11.3. The van der Waals surface area contributed by atoms with Crippen molar-refractivity contribution in [2.24, 2.45) is 10.9 Å². The van der Waals surface area contributed by atoms with E-state index in [1.165, 1.54) is 5.56 Å². The summed E-state index contributed by atoms with van der Waals surface area (Å²) in [6.45, 7) is 2.42. The number of aromatic nitrogens is 1. The van der Waals surface area contributed by atoms with Crippen molar-refractivity contribution < 1.29 is 9.94 Å². The van der Waals surface area contributed by atoms with Crippen molar-refractivity contribution in [3.8, 4) is 5.75 Å². The zero-order valence-electron chi connectivity index (χ0n) is 11.3. The van der Waals surface area contributed by atoms with Gasteiger partial charge in [0, 0.05) is 11.8 Å². The first-order valence-corrected chi connectivity index (χ1v) is 6.38. The molecular weight excluding hydrogens is 254 g/mol. The summed E-state index contributed by atoms with van der Waals surface area (Å²) in [7, 11) is 0. The molecule has 0 radical (unpaired) electrons. The van der Waals surface area contributed by atoms with Gasteiger partial charge >= 0.3 is 0 Å². The minimum absolute atomic E-state index is 0.0227. The zero-order chi connectivity index (χ0) is 14.4. The van der Waals surface area contributed by atoms with Crippen molar-refractivity contribution in [3.05, 3.63) is 59.4 Å². The van der Waals surface area contributed by atoms with Crippen LogP contribution in [0.15, 0.2) is 47.8 Å². The maximum Gasteiger partial charge on any atom is 0.189 e. The third-order valence-corrected chi connectivity index (χ3v) is 2.97. The lowest BCUT2D eigenvalue weighted by atomic mass is 10.1. The van der Waals surface area contributed by atoms with Gasteiger partial charge in [-0.25, -0.2) is 0 Å². The van der Waals surface area contributed by atoms with E-state index >= 15 is 0 Å². The molecule has 104 valence electrons. The summed E-state index contributed by atoms with van der Waals surface area (Å²) in [4.78, 5) is 4.09. The van der Waals surface area contributed by atoms with E-state index in [4.69, 9.17) is 15.7 Å². The highest BCUT2D eigenvalue weighted by atomic mass is 16.5. The monoisotopic (exact) mass is 271 g/mol. The molecule has 0 saturated carbocycles. The molecule has 5 heteroatoms. The molecule has 0 aliphatic rings. The largest absolute Gasteiger partial charge is 0.489 e. The van der Waals surface area contributed by atoms with Gasteiger partial charge in [0.25, 0.3) is 0 Å². The zero-order valence-corrected chi connectivity index (χ0v) is 11.3. The van der Waals surface area contributed by atoms with Gasteiger partial charge in [-0.1, -0.05) is 30.3 Å². The Kier molecular flexibility index (Phi) is 4.55. The van der Waals surface area contributed by atoms with Crippen LogP contribution in [0, 0.1) is 0 Å². The highest BCUT2D eigenvalue weighted by molar-refractivity contribution is 5.96. The molecule has 1 aromatic heterocycles. The smallest absolute Gasteiger partial charge is 0.189 e. The number of nitrogens with zero attached hydrogens (tertiary/aromatic N) is 2. The van der Waals surface area contributed by atoms with Gasteiger partial charge in [-0.05, 0) is 30.2 Å². The fourth-order valence-electron chi connectivity index (χ4n) is 1.82. The number of ether oxygens (including phenoxy) is 1. The van der Waals surface area contributed by atoms with E-state index < -0.39 is 0 Å². The lowest BCUT2D eigenvalue weighted by Crippen LogP contribution is -2.18. The minimum atomic E-state index is -0.0227. The molecule has 1 heterocycles. The number of hydrogen-bond donors (Lipinski definition) is 2. The van der Waals surface area contributed by atoms with Crippen LogP contribution in [-0.4, -0.2) is 16.0 Å². The first kappa shape index (κ1) is 13.9. The minimum Gasteiger partial charge on any atom is -0.489 e. The van der Waals surface area contributed by atoms with E-state index in [1.807, 2.05) is 30.3 Å². The van der Waals surface area contributed by atoms with Gasteiger partial charge in [0.2, 0.25) is 0 Å². The predicted molar refractivity (Wildman–Crippen MR) is 76.9 cm³/mol. The fourth-order valence-corrected chi connectivity index (χ4v) is 1.82. The summed E-state index contributed by atoms with van der Waals surface area (Å²) >= 11 is 0. The van der Waals surface area contributed by atoms with E-state index in [0.717, 1.165) is 17.7 Å². The van der Waals surface area contributed by atoms with Crippen molar-refractivity contribution in [2.45, 2.75) is 20.0 Å². The molecule has 1 aromatic carbocycles. The molecule has 0 unspecified atom stereocenters. The van der Waals surface area contributed by atoms with Crippen LogP contribution in [0.25, 0.3) is 0 Å². The number of pyridine rings is 1. The number of amidine groups is 1. The SMILES string of the molecule is CCc1ccc(OCc2cccnc2C(N)=NO)cc1. The van der Waals surface area contributed by atoms with E-state index in [2.05, 4.69) is 17.1 Å². The Morgan fingerprint density at radius 3 is 2.70 bits per heavy atom. The van der Waals surface area contributed by atoms with Crippen LogP contribution < -0.4 is 10.5 Å². The fraction of sp³-hybridized carbons (Fsp3) is 0.200. The Labute approximate surface area is 117 Å². The van der Waals surface area contributed by atoms with Gasteiger partial charge in [-0.3, -0.25) is 4.98 Å². The maximum atomic E-state index is 8.74. The standard InChI is InChI=1S/C15H17N3O2/c1-2-11-5-7-13(8-6-11)20-10-12-4-3-9-17-14(12)15(16)18-19/h3-9,19H,2,10H2,1H3,(H2,16,18). The summed E-state index contributed by atoms with van der Waals surface area (Å²) in [6, 6.07) is 11.5. The van der Waals surface area contributed by atoms with E-state index in [-0.39, 0.29) is 5.84 Å². The van der Waals surface area contributed by atoms with Crippen LogP contribution in [0.1, 0.15) is 23.7 Å². The maximum absolute atomic E-state index is 8.74. The average Bonchev–Trinajstić information content (AvgIpc) is 2.53. The number of rotatable bonds is 5. The first-order chi connectivity index (χ1) is 9.74. The lowest BCUT2D eigenvalue weighted by Gasteiger charge is -2.09. The van der Waals surface area contributed by atoms with Gasteiger partial charge in [-0.2, -0.15) is 0 Å². The molecule has 0 aliphatic carbocycles. The molecule has 5 nitrogen and oxygen atoms in total. The molecule has 0 amide bonds. The van der Waals surface area contributed by atoms with Crippen molar-refractivity contribution >= 4 is 5.84 Å². The average molecular weight is 271 g/mol. The van der Waals surface area contributed by atoms with Gasteiger partial charge in [0.1, 0.15) is 18.1 Å². The van der Waals surface area contributed by atoms with Crippen LogP contribution in [0.3, 0.4) is 0 Å². The molecule has 0 spiro atoms. The molecule has 0 atom stereocenters. The molecule has 0 saturated heterocycles. The quantitative estimate of drug-likeness (QED) is 0.378. The molecule has 0 fully saturated rings. The third-order valence-electron chi connectivity index (χ3n) is 2.97. The Balaban J connectivity index is 2.10. The molecule has 20 heavy (non-hydrogen) atoms. The summed E-state index contributed by atoms with van der Waals surface area (Å²) in [5.74, 6) is 0.752. The van der Waals surface area contributed by atoms with E-state index in [9.17, 15) is 0 Å². The summed E-state index contributed by atoms with van der Waals surface area (Å²) < 4.78 is 5.69. The van der Waals surface area contributed by atoms with E-state index in [0.29, 0.717) is 12.3 Å². The van der Waals surface area contributed by atoms with Crippen LogP contribution in [0.4, 0.5) is 0 Å². The number of hydrogen-bond acceptors (Lipinski definition) is 4. The molecule has 2 rings (SSSR count). The second-order valence-electron chi connectivity index (χ2n) is 4.28. The van der Waals surface area contributed by atoms with Crippen molar-refractivity contribution in [1.82, 2.24) is 4.98 Å². The van der Waals surface area contributed by atoms with Crippen molar-refractivity contribution in [1.29, 1.82) is 0 Å². The molecule has 3 N–H and O–H groups in total. The third kappa shape index (κ3) is 3.26. The second-order valence-corrected chi connectivity index (χ2v) is 4.28. The predicted octanol–water partition coefficient (Wildman–Crippen LogP) is 2.32. The van der Waals surface area contributed by atoms with Crippen LogP contribution in [-0.2, 0) is 13.0 Å². The Morgan fingerprint density at radius 2 is 2.05 bits per heavy atom. The number of oxime groups is 1. The highest BCUT2D eigenvalue weighted by Crippen LogP contribution is 2.15. The van der Waals surface area contributed by atoms with Crippen LogP contribution >= 0.6 is 0 Å². The lowest BCUT2D eigenvalue weighted by molar-refractivity contribution is 0.304. The van der Waals surface area contributed by atoms with Gasteiger partial charge in [0.05, 0.1) is 0 Å². The number of benzene rings is 1. The van der Waals surface area contributed by atoms with Crippen LogP contribution in [0.2, 0.25) is 0 Å². The van der Waals surface area contributed by atoms with Crippen LogP contribution in [0.5, 0.6) is 5.75 Å². The second kappa shape index (κ2) is 6.56. The molecule has 0 bridgehead atoms. The van der Waals surface area contributed by atoms with Gasteiger partial charge < -0.3 is 15.7 Å². The Hall–Kier alpha value is -2.56. The topological polar surface area (TPSA) is 80.7 Å². The van der Waals surface area contributed by atoms with Gasteiger partial charge in [-0.15, -0.1) is 0 Å². The van der Waals surface area contributed by atoms with Gasteiger partial charge in [0.15, 0.2) is 5.84 Å². The number of aryl methyl sites for hydroxylation is 1. The van der Waals surface area contributed by atoms with Crippen molar-refractivity contribution in [3.63, 3.8) is 0 Å². The Morgan fingerprint density at radius 1 is 1.30 bits per heavy atom. The summed E-state index contributed by atoms with van der Waals surface area (Å²) in [5, 5.41) is 11.7. The van der Waals surface area contributed by atoms with E-state index in [1.54, 1.807) is 12.3 Å².